The van der Waals surface area contributed by atoms with Gasteiger partial charge >= 0.3 is 0 Å². The van der Waals surface area contributed by atoms with Gasteiger partial charge in [-0.25, -0.2) is 0 Å². The number of rotatable bonds is 7. The smallest absolute Gasteiger partial charge is 0.225 e. The van der Waals surface area contributed by atoms with Crippen molar-refractivity contribution >= 4 is 26.5 Å². The van der Waals surface area contributed by atoms with E-state index >= 15 is 0 Å². The van der Waals surface area contributed by atoms with Crippen molar-refractivity contribution in [3.63, 3.8) is 0 Å². The lowest BCUT2D eigenvalue weighted by molar-refractivity contribution is 0.362. The molecule has 0 spiro atoms. The molecule has 0 aromatic carbocycles. The SMILES string of the molecule is COc1cc(P(C)C)c(-c2c(P(C)C)cc(OC)nc2OC)c(OC)n1. The molecule has 0 saturated heterocycles. The number of pyridine rings is 2. The number of hydrogen-bond acceptors (Lipinski definition) is 6. The molecule has 2 aromatic rings. The fourth-order valence-corrected chi connectivity index (χ4v) is 4.70. The molecule has 2 rings (SSSR count). The molecule has 6 nitrogen and oxygen atoms in total. The van der Waals surface area contributed by atoms with Crippen LogP contribution in [-0.4, -0.2) is 65.1 Å². The van der Waals surface area contributed by atoms with Gasteiger partial charge in [-0.3, -0.25) is 0 Å². The predicted molar refractivity (Wildman–Crippen MR) is 110 cm³/mol. The van der Waals surface area contributed by atoms with Crippen molar-refractivity contribution in [2.75, 3.05) is 55.1 Å². The van der Waals surface area contributed by atoms with Crippen LogP contribution in [0.1, 0.15) is 0 Å². The third-order valence-corrected chi connectivity index (χ3v) is 6.54. The Bertz CT molecular complexity index is 717. The van der Waals surface area contributed by atoms with Gasteiger partial charge in [-0.2, -0.15) is 9.97 Å². The van der Waals surface area contributed by atoms with Crippen LogP contribution < -0.4 is 29.6 Å². The molecule has 0 atom stereocenters. The van der Waals surface area contributed by atoms with Crippen molar-refractivity contribution in [3.05, 3.63) is 12.1 Å². The highest BCUT2D eigenvalue weighted by Gasteiger charge is 2.26. The Morgan fingerprint density at radius 3 is 1.19 bits per heavy atom. The van der Waals surface area contributed by atoms with Crippen LogP contribution in [0.4, 0.5) is 0 Å². The van der Waals surface area contributed by atoms with Crippen molar-refractivity contribution in [3.8, 4) is 34.6 Å². The molecule has 0 aliphatic heterocycles. The molecule has 0 fully saturated rings. The lowest BCUT2D eigenvalue weighted by Gasteiger charge is -2.22. The number of ether oxygens (including phenoxy) is 4. The zero-order chi connectivity index (χ0) is 19.4. The van der Waals surface area contributed by atoms with Crippen LogP contribution in [0.2, 0.25) is 0 Å². The normalized spacial score (nSPS) is 11.0. The molecule has 2 heterocycles. The molecule has 0 saturated carbocycles. The monoisotopic (exact) mass is 396 g/mol. The van der Waals surface area contributed by atoms with Crippen LogP contribution in [0.5, 0.6) is 23.5 Å². The summed E-state index contributed by atoms with van der Waals surface area (Å²) in [5, 5.41) is 2.26. The summed E-state index contributed by atoms with van der Waals surface area (Å²) in [6.07, 6.45) is 0. The molecule has 0 amide bonds. The van der Waals surface area contributed by atoms with E-state index in [9.17, 15) is 0 Å². The minimum Gasteiger partial charge on any atom is -0.481 e. The van der Waals surface area contributed by atoms with Gasteiger partial charge in [-0.05, 0) is 37.3 Å². The summed E-state index contributed by atoms with van der Waals surface area (Å²) in [6, 6.07) is 3.95. The number of aromatic nitrogens is 2. The Morgan fingerprint density at radius 1 is 0.615 bits per heavy atom. The van der Waals surface area contributed by atoms with Gasteiger partial charge < -0.3 is 18.9 Å². The first kappa shape index (κ1) is 20.7. The van der Waals surface area contributed by atoms with E-state index < -0.39 is 15.8 Å². The Kier molecular flexibility index (Phi) is 7.02. The van der Waals surface area contributed by atoms with Crippen molar-refractivity contribution in [2.45, 2.75) is 0 Å². The largest absolute Gasteiger partial charge is 0.481 e. The average molecular weight is 396 g/mol. The summed E-state index contributed by atoms with van der Waals surface area (Å²) in [4.78, 5) is 9.01. The predicted octanol–water partition coefficient (Wildman–Crippen LogP) is 2.91. The zero-order valence-electron chi connectivity index (χ0n) is 16.6. The minimum absolute atomic E-state index is 0.452. The first-order chi connectivity index (χ1) is 12.4. The maximum absolute atomic E-state index is 5.64. The highest BCUT2D eigenvalue weighted by Crippen LogP contribution is 2.44. The average Bonchev–Trinajstić information content (AvgIpc) is 2.65. The summed E-state index contributed by atoms with van der Waals surface area (Å²) < 4.78 is 22.0. The topological polar surface area (TPSA) is 62.7 Å². The number of nitrogens with zero attached hydrogens (tertiary/aromatic N) is 2. The van der Waals surface area contributed by atoms with E-state index in [2.05, 4.69) is 36.6 Å². The van der Waals surface area contributed by atoms with Gasteiger partial charge in [0.05, 0.1) is 39.6 Å². The summed E-state index contributed by atoms with van der Waals surface area (Å²) in [5.74, 6) is 2.10. The third-order valence-electron chi connectivity index (χ3n) is 3.90. The second-order valence-corrected chi connectivity index (χ2v) is 10.5. The summed E-state index contributed by atoms with van der Waals surface area (Å²) in [5.41, 5.74) is 1.84. The maximum atomic E-state index is 5.64. The molecule has 0 bridgehead atoms. The van der Waals surface area contributed by atoms with E-state index in [0.29, 0.717) is 23.5 Å². The van der Waals surface area contributed by atoms with Gasteiger partial charge in [0, 0.05) is 12.1 Å². The third kappa shape index (κ3) is 4.02. The molecule has 2 aromatic heterocycles. The highest BCUT2D eigenvalue weighted by molar-refractivity contribution is 7.65. The second-order valence-electron chi connectivity index (χ2n) is 5.92. The molecular weight excluding hydrogens is 370 g/mol. The van der Waals surface area contributed by atoms with Gasteiger partial charge in [-0.15, -0.1) is 0 Å². The Balaban J connectivity index is 2.94. The van der Waals surface area contributed by atoms with Crippen molar-refractivity contribution in [2.24, 2.45) is 0 Å². The van der Waals surface area contributed by atoms with Crippen LogP contribution in [0, 0.1) is 0 Å². The Hall–Kier alpha value is -1.64. The maximum Gasteiger partial charge on any atom is 0.225 e. The molecule has 0 aliphatic rings. The van der Waals surface area contributed by atoms with E-state index in [4.69, 9.17) is 18.9 Å². The quantitative estimate of drug-likeness (QED) is 0.671. The molecule has 0 aliphatic carbocycles. The van der Waals surface area contributed by atoms with E-state index in [1.165, 1.54) is 0 Å². The molecule has 26 heavy (non-hydrogen) atoms. The Labute approximate surface area is 157 Å². The lowest BCUT2D eigenvalue weighted by atomic mass is 10.1. The fraction of sp³-hybridized carbons (Fsp3) is 0.444. The molecule has 0 unspecified atom stereocenters. The van der Waals surface area contributed by atoms with Gasteiger partial charge in [0.25, 0.3) is 0 Å². The number of hydrogen-bond donors (Lipinski definition) is 0. The van der Waals surface area contributed by atoms with Gasteiger partial charge in [0.15, 0.2) is 0 Å². The fourth-order valence-electron chi connectivity index (χ4n) is 2.65. The van der Waals surface area contributed by atoms with Crippen molar-refractivity contribution < 1.29 is 18.9 Å². The zero-order valence-corrected chi connectivity index (χ0v) is 18.4. The van der Waals surface area contributed by atoms with Crippen LogP contribution >= 0.6 is 15.8 Å². The first-order valence-corrected chi connectivity index (χ1v) is 12.5. The van der Waals surface area contributed by atoms with Gasteiger partial charge in [0.1, 0.15) is 0 Å². The van der Waals surface area contributed by atoms with E-state index in [0.717, 1.165) is 21.7 Å². The molecule has 0 N–H and O–H groups in total. The van der Waals surface area contributed by atoms with Crippen LogP contribution in [0.15, 0.2) is 12.1 Å². The summed E-state index contributed by atoms with van der Waals surface area (Å²) in [6.45, 7) is 8.77. The highest BCUT2D eigenvalue weighted by atomic mass is 31.1. The minimum atomic E-state index is -0.452. The van der Waals surface area contributed by atoms with Gasteiger partial charge in [0.2, 0.25) is 23.5 Å². The lowest BCUT2D eigenvalue weighted by Crippen LogP contribution is -2.16. The molecule has 0 radical (unpaired) electrons. The van der Waals surface area contributed by atoms with E-state index in [1.807, 2.05) is 12.1 Å². The van der Waals surface area contributed by atoms with Crippen LogP contribution in [0.3, 0.4) is 0 Å². The molecule has 8 heteroatoms. The second kappa shape index (κ2) is 8.83. The molecular formula is C18H26N2O4P2. The van der Waals surface area contributed by atoms with Crippen LogP contribution in [-0.2, 0) is 0 Å². The van der Waals surface area contributed by atoms with Gasteiger partial charge in [-0.1, -0.05) is 15.8 Å². The Morgan fingerprint density at radius 2 is 0.962 bits per heavy atom. The standard InChI is InChI=1S/C18H26N2O4P2/c1-21-13-9-11(25(5)6)15(17(19-13)23-3)16-12(26(7)8)10-14(22-2)20-18(16)24-4/h9-10H,1-8H3. The molecule has 142 valence electrons. The van der Waals surface area contributed by atoms with E-state index in [1.54, 1.807) is 28.4 Å². The van der Waals surface area contributed by atoms with Crippen molar-refractivity contribution in [1.29, 1.82) is 0 Å². The van der Waals surface area contributed by atoms with Crippen LogP contribution in [0.25, 0.3) is 11.1 Å². The van der Waals surface area contributed by atoms with E-state index in [-0.39, 0.29) is 0 Å². The summed E-state index contributed by atoms with van der Waals surface area (Å²) in [7, 11) is 5.55. The first-order valence-electron chi connectivity index (χ1n) is 7.98. The number of methoxy groups -OCH3 is 4. The summed E-state index contributed by atoms with van der Waals surface area (Å²) >= 11 is 0. The van der Waals surface area contributed by atoms with Crippen molar-refractivity contribution in [1.82, 2.24) is 9.97 Å².